The van der Waals surface area contributed by atoms with Gasteiger partial charge in [0.25, 0.3) is 0 Å². The number of aliphatic hydroxyl groups excluding tert-OH is 1. The second kappa shape index (κ2) is 9.82. The van der Waals surface area contributed by atoms with E-state index >= 15 is 0 Å². The Morgan fingerprint density at radius 1 is 1.04 bits per heavy atom. The highest BCUT2D eigenvalue weighted by atomic mass is 32.1. The summed E-state index contributed by atoms with van der Waals surface area (Å²) in [4.78, 5) is 31.1. The molecule has 2 heterocycles. The fourth-order valence-electron chi connectivity index (χ4n) is 11.2. The number of thiophene rings is 1. The minimum atomic E-state index is -4.56. The maximum atomic E-state index is 14.7. The number of ether oxygens (including phenoxy) is 1. The molecule has 0 radical (unpaired) electrons. The summed E-state index contributed by atoms with van der Waals surface area (Å²) in [6.07, 6.45) is 6.97. The number of hydrogen-bond acceptors (Lipinski definition) is 5. The summed E-state index contributed by atoms with van der Waals surface area (Å²) in [5.74, 6) is -0.330. The molecule has 46 heavy (non-hydrogen) atoms. The molecule has 9 rings (SSSR count). The molecule has 6 aliphatic carbocycles. The number of aliphatic hydroxyl groups is 1. The zero-order valence-electron chi connectivity index (χ0n) is 26.2. The summed E-state index contributed by atoms with van der Waals surface area (Å²) in [6.45, 7) is 5.62. The quantitative estimate of drug-likeness (QED) is 0.261. The Bertz CT molecular complexity index is 1670. The highest BCUT2D eigenvalue weighted by Gasteiger charge is 2.76. The maximum absolute atomic E-state index is 14.7. The molecule has 1 aromatic heterocycles. The second-order valence-corrected chi connectivity index (χ2v) is 16.3. The van der Waals surface area contributed by atoms with Crippen LogP contribution in [0.3, 0.4) is 0 Å². The van der Waals surface area contributed by atoms with E-state index in [1.54, 1.807) is 11.3 Å². The highest BCUT2D eigenvalue weighted by molar-refractivity contribution is 7.09. The van der Waals surface area contributed by atoms with Crippen LogP contribution >= 0.6 is 11.3 Å². The van der Waals surface area contributed by atoms with Crippen molar-refractivity contribution in [2.24, 2.45) is 33.5 Å². The van der Waals surface area contributed by atoms with Gasteiger partial charge in [0, 0.05) is 38.8 Å². The van der Waals surface area contributed by atoms with Gasteiger partial charge in [0.1, 0.15) is 5.60 Å². The van der Waals surface area contributed by atoms with Crippen molar-refractivity contribution in [2.75, 3.05) is 13.1 Å². The molecule has 0 unspecified atom stereocenters. The molecule has 3 saturated carbocycles. The van der Waals surface area contributed by atoms with Gasteiger partial charge in [0.05, 0.1) is 18.2 Å². The van der Waals surface area contributed by atoms with Crippen LogP contribution in [0.4, 0.5) is 18.0 Å². The predicted octanol–water partition coefficient (Wildman–Crippen LogP) is 8.24. The van der Waals surface area contributed by atoms with E-state index in [1.807, 2.05) is 16.3 Å². The predicted molar refractivity (Wildman–Crippen MR) is 168 cm³/mol. The third-order valence-corrected chi connectivity index (χ3v) is 14.5. The minimum absolute atomic E-state index is 0.0386. The van der Waals surface area contributed by atoms with E-state index in [0.29, 0.717) is 37.9 Å². The van der Waals surface area contributed by atoms with Crippen LogP contribution in [0.2, 0.25) is 0 Å². The molecule has 7 aliphatic rings. The lowest BCUT2D eigenvalue weighted by atomic mass is 9.32. The number of Topliss-reactive ketones (excluding diaryl/α,β-unsaturated/α-hetero) is 1. The van der Waals surface area contributed by atoms with Crippen molar-refractivity contribution in [3.8, 4) is 0 Å². The first-order valence-electron chi connectivity index (χ1n) is 16.6. The first-order chi connectivity index (χ1) is 21.8. The number of nitrogens with zero attached hydrogens (tertiary/aromatic N) is 1. The van der Waals surface area contributed by atoms with Gasteiger partial charge >= 0.3 is 12.3 Å². The van der Waals surface area contributed by atoms with Gasteiger partial charge in [-0.2, -0.15) is 13.2 Å². The SMILES string of the molecule is C[C@]12CC[C@H]3[C@@]4(C=C[C@@]5(C=C4C(=O)c4cccc(C(F)(F)F)c4)C[C@@H](O)CC[C@]35C)[C@@H]1CC[C@@]21CN(CCc2cccs2)C(=O)O1. The molecule has 244 valence electrons. The number of carbonyl (C=O) groups is 2. The van der Waals surface area contributed by atoms with Gasteiger partial charge in [-0.15, -0.1) is 11.3 Å². The van der Waals surface area contributed by atoms with Crippen molar-refractivity contribution in [3.05, 3.63) is 81.6 Å². The largest absolute Gasteiger partial charge is 0.440 e. The summed E-state index contributed by atoms with van der Waals surface area (Å²) in [7, 11) is 0. The molecule has 1 aromatic carbocycles. The van der Waals surface area contributed by atoms with Crippen LogP contribution in [0.25, 0.3) is 0 Å². The molecule has 2 aromatic rings. The summed E-state index contributed by atoms with van der Waals surface area (Å²) < 4.78 is 47.8. The Morgan fingerprint density at radius 3 is 2.57 bits per heavy atom. The number of ketones is 1. The van der Waals surface area contributed by atoms with Gasteiger partial charge in [-0.25, -0.2) is 4.79 Å². The Morgan fingerprint density at radius 2 is 1.80 bits per heavy atom. The Hall–Kier alpha value is -2.91. The van der Waals surface area contributed by atoms with E-state index in [2.05, 4.69) is 38.1 Å². The number of hydrogen-bond donors (Lipinski definition) is 1. The summed E-state index contributed by atoms with van der Waals surface area (Å²) in [5, 5.41) is 12.9. The van der Waals surface area contributed by atoms with Gasteiger partial charge in [-0.05, 0) is 92.2 Å². The Kier molecular flexibility index (Phi) is 6.49. The van der Waals surface area contributed by atoms with Crippen LogP contribution in [0.5, 0.6) is 0 Å². The van der Waals surface area contributed by atoms with Crippen LogP contribution in [-0.4, -0.2) is 46.7 Å². The van der Waals surface area contributed by atoms with Crippen molar-refractivity contribution in [2.45, 2.75) is 83.1 Å². The van der Waals surface area contributed by atoms with Crippen LogP contribution < -0.4 is 0 Å². The molecule has 8 atom stereocenters. The maximum Gasteiger partial charge on any atom is 0.416 e. The molecule has 9 heteroatoms. The normalized spacial score (nSPS) is 40.8. The van der Waals surface area contributed by atoms with Crippen LogP contribution in [0.1, 0.15) is 79.6 Å². The van der Waals surface area contributed by atoms with Crippen LogP contribution in [0.15, 0.2) is 65.6 Å². The molecule has 1 saturated heterocycles. The average Bonchev–Trinajstić information content (AvgIpc) is 3.73. The number of halogens is 3. The number of allylic oxidation sites excluding steroid dienone is 4. The fraction of sp³-hybridized carbons (Fsp3) is 0.568. The first kappa shape index (κ1) is 30.4. The van der Waals surface area contributed by atoms with E-state index in [1.165, 1.54) is 17.0 Å². The lowest BCUT2D eigenvalue weighted by Gasteiger charge is -2.71. The Labute approximate surface area is 271 Å². The molecule has 4 fully saturated rings. The number of carbonyl (C=O) groups excluding carboxylic acids is 2. The van der Waals surface area contributed by atoms with Gasteiger partial charge < -0.3 is 14.7 Å². The van der Waals surface area contributed by atoms with Gasteiger partial charge in [0.2, 0.25) is 0 Å². The van der Waals surface area contributed by atoms with Crippen molar-refractivity contribution < 1.29 is 32.6 Å². The molecular formula is C37H40F3NO4S. The molecule has 1 amide bonds. The van der Waals surface area contributed by atoms with Crippen molar-refractivity contribution in [1.82, 2.24) is 4.90 Å². The average molecular weight is 652 g/mol. The number of fused-ring (bicyclic) bond motifs is 2. The van der Waals surface area contributed by atoms with Crippen molar-refractivity contribution >= 4 is 23.2 Å². The lowest BCUT2D eigenvalue weighted by molar-refractivity contribution is -0.164. The summed E-state index contributed by atoms with van der Waals surface area (Å²) in [6, 6.07) is 8.88. The fourth-order valence-corrected chi connectivity index (χ4v) is 11.9. The van der Waals surface area contributed by atoms with Gasteiger partial charge in [-0.3, -0.25) is 4.79 Å². The topological polar surface area (TPSA) is 66.8 Å². The molecule has 1 aliphatic heterocycles. The number of benzene rings is 1. The molecular weight excluding hydrogens is 611 g/mol. The van der Waals surface area contributed by atoms with E-state index in [-0.39, 0.29) is 34.7 Å². The zero-order chi connectivity index (χ0) is 32.3. The van der Waals surface area contributed by atoms with Crippen LogP contribution in [0, 0.1) is 33.5 Å². The standard InChI is InChI=1S/C37H40F3NO4S/c1-32-12-8-25(42)20-34(32)15-16-36(27(21-34)30(43)23-5-3-6-24(19-23)37(38,39)40)28(32)9-13-33(2)29(36)10-14-35(33)22-41(31(44)45-35)17-11-26-7-4-18-46-26/h3-7,15-16,18-19,21,25,28-29,42H,8-14,17,20,22H2,1-2H3/t25-,28+,29+,32+,33-,34-,35+,36-/m0/s1. The smallest absolute Gasteiger partial charge is 0.416 e. The van der Waals surface area contributed by atoms with Crippen molar-refractivity contribution in [3.63, 3.8) is 0 Å². The lowest BCUT2D eigenvalue weighted by Crippen LogP contribution is -2.67. The third kappa shape index (κ3) is 3.90. The number of alkyl halides is 3. The molecule has 2 bridgehead atoms. The molecule has 1 N–H and O–H groups in total. The minimum Gasteiger partial charge on any atom is -0.440 e. The van der Waals surface area contributed by atoms with E-state index in [0.717, 1.165) is 44.2 Å². The Balaban J connectivity index is 1.22. The summed E-state index contributed by atoms with van der Waals surface area (Å²) >= 11 is 1.68. The van der Waals surface area contributed by atoms with E-state index < -0.39 is 39.7 Å². The van der Waals surface area contributed by atoms with E-state index in [4.69, 9.17) is 4.74 Å². The number of rotatable bonds is 5. The third-order valence-electron chi connectivity index (χ3n) is 13.6. The highest BCUT2D eigenvalue weighted by Crippen LogP contribution is 2.79. The van der Waals surface area contributed by atoms with Crippen LogP contribution in [-0.2, 0) is 17.3 Å². The van der Waals surface area contributed by atoms with Crippen molar-refractivity contribution in [1.29, 1.82) is 0 Å². The molecule has 3 spiro atoms. The first-order valence-corrected chi connectivity index (χ1v) is 17.5. The van der Waals surface area contributed by atoms with E-state index in [9.17, 15) is 27.9 Å². The second-order valence-electron chi connectivity index (χ2n) is 15.3. The van der Waals surface area contributed by atoms with Gasteiger partial charge in [-0.1, -0.05) is 50.3 Å². The zero-order valence-corrected chi connectivity index (χ0v) is 27.1. The number of amides is 1. The molecule has 5 nitrogen and oxygen atoms in total. The van der Waals surface area contributed by atoms with Gasteiger partial charge in [0.15, 0.2) is 5.78 Å². The summed E-state index contributed by atoms with van der Waals surface area (Å²) in [5.41, 5.74) is -2.84. The monoisotopic (exact) mass is 651 g/mol.